The van der Waals surface area contributed by atoms with Gasteiger partial charge >= 0.3 is 0 Å². The molecule has 1 amide bonds. The Kier molecular flexibility index (Phi) is 5.12. The zero-order valence-corrected chi connectivity index (χ0v) is 11.1. The van der Waals surface area contributed by atoms with Crippen LogP contribution in [0.5, 0.6) is 5.75 Å². The number of carbonyl (C=O) groups excluding carboxylic acids is 1. The molecule has 18 heavy (non-hydrogen) atoms. The molecule has 0 heterocycles. The van der Waals surface area contributed by atoms with E-state index in [1.54, 1.807) is 32.0 Å². The molecule has 0 fully saturated rings. The third-order valence-corrected chi connectivity index (χ3v) is 2.78. The van der Waals surface area contributed by atoms with Crippen LogP contribution < -0.4 is 5.32 Å². The molecule has 0 aromatic heterocycles. The van der Waals surface area contributed by atoms with E-state index in [9.17, 15) is 9.90 Å². The molecule has 0 bridgehead atoms. The third-order valence-electron chi connectivity index (χ3n) is 2.78. The molecule has 0 spiro atoms. The number of rotatable bonds is 5. The quantitative estimate of drug-likeness (QED) is 0.779. The van der Waals surface area contributed by atoms with Gasteiger partial charge in [-0.2, -0.15) is 0 Å². The Bertz CT molecular complexity index is 415. The van der Waals surface area contributed by atoms with Crippen molar-refractivity contribution in [2.24, 2.45) is 0 Å². The van der Waals surface area contributed by atoms with Crippen molar-refractivity contribution in [3.05, 3.63) is 29.3 Å². The highest BCUT2D eigenvalue weighted by atomic mass is 16.7. The van der Waals surface area contributed by atoms with Crippen molar-refractivity contribution in [2.75, 3.05) is 14.2 Å². The molecule has 1 aromatic carbocycles. The molecule has 0 aliphatic carbocycles. The SMILES string of the molecule is COC(OC)C(C)NC(=O)c1cccc(O)c1C. The summed E-state index contributed by atoms with van der Waals surface area (Å²) in [7, 11) is 3.02. The van der Waals surface area contributed by atoms with E-state index in [4.69, 9.17) is 9.47 Å². The predicted octanol–water partition coefficient (Wildman–Crippen LogP) is 1.44. The van der Waals surface area contributed by atoms with Gasteiger partial charge in [-0.25, -0.2) is 0 Å². The minimum Gasteiger partial charge on any atom is -0.508 e. The van der Waals surface area contributed by atoms with Crippen LogP contribution in [0.3, 0.4) is 0 Å². The lowest BCUT2D eigenvalue weighted by Crippen LogP contribution is -2.43. The number of methoxy groups -OCH3 is 2. The predicted molar refractivity (Wildman–Crippen MR) is 67.6 cm³/mol. The van der Waals surface area contributed by atoms with Crippen molar-refractivity contribution in [1.29, 1.82) is 0 Å². The molecular formula is C13H19NO4. The average Bonchev–Trinajstić information content (AvgIpc) is 2.34. The summed E-state index contributed by atoms with van der Waals surface area (Å²) in [4.78, 5) is 12.0. The van der Waals surface area contributed by atoms with Gasteiger partial charge in [0.1, 0.15) is 5.75 Å². The Balaban J connectivity index is 2.79. The monoisotopic (exact) mass is 253 g/mol. The minimum absolute atomic E-state index is 0.102. The van der Waals surface area contributed by atoms with Crippen molar-refractivity contribution >= 4 is 5.91 Å². The maximum Gasteiger partial charge on any atom is 0.252 e. The number of phenols is 1. The Hall–Kier alpha value is -1.59. The van der Waals surface area contributed by atoms with E-state index in [2.05, 4.69) is 5.32 Å². The number of ether oxygens (including phenoxy) is 2. The topological polar surface area (TPSA) is 67.8 Å². The summed E-state index contributed by atoms with van der Waals surface area (Å²) in [6.45, 7) is 3.48. The number of amides is 1. The van der Waals surface area contributed by atoms with Crippen LogP contribution in [0.25, 0.3) is 0 Å². The van der Waals surface area contributed by atoms with Gasteiger partial charge in [0.05, 0.1) is 6.04 Å². The van der Waals surface area contributed by atoms with Crippen molar-refractivity contribution in [2.45, 2.75) is 26.2 Å². The van der Waals surface area contributed by atoms with Crippen molar-refractivity contribution in [3.63, 3.8) is 0 Å². The number of hydrogen-bond acceptors (Lipinski definition) is 4. The maximum absolute atomic E-state index is 12.0. The molecule has 5 nitrogen and oxygen atoms in total. The number of carbonyl (C=O) groups is 1. The van der Waals surface area contributed by atoms with Gasteiger partial charge in [0, 0.05) is 25.3 Å². The normalized spacial score (nSPS) is 12.5. The van der Waals surface area contributed by atoms with Gasteiger partial charge in [0.15, 0.2) is 6.29 Å². The van der Waals surface area contributed by atoms with Gasteiger partial charge in [-0.3, -0.25) is 4.79 Å². The van der Waals surface area contributed by atoms with E-state index >= 15 is 0 Å². The number of phenolic OH excluding ortho intramolecular Hbond substituents is 1. The van der Waals surface area contributed by atoms with Crippen LogP contribution in [0, 0.1) is 6.92 Å². The molecule has 0 saturated carbocycles. The van der Waals surface area contributed by atoms with Crippen LogP contribution in [0.4, 0.5) is 0 Å². The first kappa shape index (κ1) is 14.5. The molecule has 100 valence electrons. The highest BCUT2D eigenvalue weighted by Crippen LogP contribution is 2.19. The zero-order chi connectivity index (χ0) is 13.7. The lowest BCUT2D eigenvalue weighted by atomic mass is 10.1. The van der Waals surface area contributed by atoms with E-state index in [1.165, 1.54) is 14.2 Å². The van der Waals surface area contributed by atoms with E-state index in [1.807, 2.05) is 0 Å². The van der Waals surface area contributed by atoms with E-state index in [0.29, 0.717) is 11.1 Å². The number of benzene rings is 1. The van der Waals surface area contributed by atoms with Gasteiger partial charge < -0.3 is 19.9 Å². The Morgan fingerprint density at radius 1 is 1.33 bits per heavy atom. The molecular weight excluding hydrogens is 234 g/mol. The third kappa shape index (κ3) is 3.21. The fraction of sp³-hybridized carbons (Fsp3) is 0.462. The van der Waals surface area contributed by atoms with Crippen LogP contribution in [0.1, 0.15) is 22.8 Å². The summed E-state index contributed by atoms with van der Waals surface area (Å²) in [5.41, 5.74) is 0.987. The van der Waals surface area contributed by atoms with E-state index in [-0.39, 0.29) is 17.7 Å². The Morgan fingerprint density at radius 3 is 2.50 bits per heavy atom. The first-order valence-electron chi connectivity index (χ1n) is 5.66. The summed E-state index contributed by atoms with van der Waals surface area (Å²) in [5.74, 6) is -0.166. The highest BCUT2D eigenvalue weighted by molar-refractivity contribution is 5.96. The van der Waals surface area contributed by atoms with Crippen molar-refractivity contribution < 1.29 is 19.4 Å². The van der Waals surface area contributed by atoms with Crippen LogP contribution in [-0.4, -0.2) is 37.6 Å². The molecule has 0 aliphatic heterocycles. The molecule has 1 aromatic rings. The first-order valence-corrected chi connectivity index (χ1v) is 5.66. The zero-order valence-electron chi connectivity index (χ0n) is 11.1. The fourth-order valence-corrected chi connectivity index (χ4v) is 1.73. The lowest BCUT2D eigenvalue weighted by molar-refractivity contribution is -0.117. The van der Waals surface area contributed by atoms with E-state index < -0.39 is 6.29 Å². The summed E-state index contributed by atoms with van der Waals surface area (Å²) < 4.78 is 10.1. The molecule has 2 N–H and O–H groups in total. The molecule has 5 heteroatoms. The summed E-state index contributed by atoms with van der Waals surface area (Å²) >= 11 is 0. The van der Waals surface area contributed by atoms with Gasteiger partial charge in [-0.1, -0.05) is 6.07 Å². The second-order valence-corrected chi connectivity index (χ2v) is 4.05. The Morgan fingerprint density at radius 2 is 1.94 bits per heavy atom. The molecule has 0 aliphatic rings. The molecule has 0 saturated heterocycles. The molecule has 1 rings (SSSR count). The maximum atomic E-state index is 12.0. The molecule has 1 unspecified atom stereocenters. The van der Waals surface area contributed by atoms with Crippen LogP contribution in [0.2, 0.25) is 0 Å². The van der Waals surface area contributed by atoms with Crippen molar-refractivity contribution in [3.8, 4) is 5.75 Å². The van der Waals surface area contributed by atoms with Gasteiger partial charge in [-0.05, 0) is 26.0 Å². The van der Waals surface area contributed by atoms with Crippen molar-refractivity contribution in [1.82, 2.24) is 5.32 Å². The van der Waals surface area contributed by atoms with Gasteiger partial charge in [0.2, 0.25) is 0 Å². The summed E-state index contributed by atoms with van der Waals surface area (Å²) in [5, 5.41) is 12.3. The Labute approximate surface area is 107 Å². The van der Waals surface area contributed by atoms with Gasteiger partial charge in [0.25, 0.3) is 5.91 Å². The summed E-state index contributed by atoms with van der Waals surface area (Å²) in [6, 6.07) is 4.54. The number of hydrogen-bond donors (Lipinski definition) is 2. The fourth-order valence-electron chi connectivity index (χ4n) is 1.73. The first-order chi connectivity index (χ1) is 8.51. The van der Waals surface area contributed by atoms with Crippen LogP contribution >= 0.6 is 0 Å². The van der Waals surface area contributed by atoms with Gasteiger partial charge in [-0.15, -0.1) is 0 Å². The van der Waals surface area contributed by atoms with Crippen LogP contribution in [-0.2, 0) is 9.47 Å². The number of nitrogens with one attached hydrogen (secondary N) is 1. The largest absolute Gasteiger partial charge is 0.508 e. The standard InChI is InChI=1S/C13H19NO4/c1-8-10(6-5-7-11(8)15)12(16)14-9(2)13(17-3)18-4/h5-7,9,13,15H,1-4H3,(H,14,16). The number of aromatic hydroxyl groups is 1. The summed E-state index contributed by atoms with van der Waals surface area (Å²) in [6.07, 6.45) is -0.508. The molecule has 0 radical (unpaired) electrons. The lowest BCUT2D eigenvalue weighted by Gasteiger charge is -2.22. The highest BCUT2D eigenvalue weighted by Gasteiger charge is 2.20. The smallest absolute Gasteiger partial charge is 0.252 e. The minimum atomic E-state index is -0.508. The second kappa shape index (κ2) is 6.37. The second-order valence-electron chi connectivity index (χ2n) is 4.05. The molecule has 1 atom stereocenters. The van der Waals surface area contributed by atoms with Crippen LogP contribution in [0.15, 0.2) is 18.2 Å². The van der Waals surface area contributed by atoms with E-state index in [0.717, 1.165) is 0 Å². The average molecular weight is 253 g/mol.